The first-order valence-electron chi connectivity index (χ1n) is 7.92. The molecule has 1 fully saturated rings. The van der Waals surface area contributed by atoms with Crippen molar-refractivity contribution in [3.8, 4) is 5.75 Å². The van der Waals surface area contributed by atoms with Crippen molar-refractivity contribution >= 4 is 0 Å². The fourth-order valence-electron chi connectivity index (χ4n) is 3.79. The van der Waals surface area contributed by atoms with Crippen LogP contribution in [0.25, 0.3) is 0 Å². The first-order chi connectivity index (χ1) is 9.70. The highest BCUT2D eigenvalue weighted by atomic mass is 16.5. The maximum Gasteiger partial charge on any atom is 0.122 e. The van der Waals surface area contributed by atoms with Gasteiger partial charge in [-0.25, -0.2) is 0 Å². The molecule has 3 nitrogen and oxygen atoms in total. The molecule has 0 amide bonds. The van der Waals surface area contributed by atoms with E-state index >= 15 is 0 Å². The van der Waals surface area contributed by atoms with Gasteiger partial charge < -0.3 is 10.5 Å². The fraction of sp³-hybridized carbons (Fsp3) is 0.647. The van der Waals surface area contributed by atoms with E-state index in [2.05, 4.69) is 36.9 Å². The Labute approximate surface area is 122 Å². The molecule has 0 radical (unpaired) electrons. The third-order valence-corrected chi connectivity index (χ3v) is 4.83. The van der Waals surface area contributed by atoms with Gasteiger partial charge in [-0.1, -0.05) is 26.0 Å². The SMILES string of the molecule is CC(C)C1CCCN1C(CN)c1ccc2c(c1)CCO2. The molecule has 2 unspecified atom stereocenters. The summed E-state index contributed by atoms with van der Waals surface area (Å²) in [6.07, 6.45) is 3.64. The first kappa shape index (κ1) is 13.9. The van der Waals surface area contributed by atoms with Crippen LogP contribution in [-0.2, 0) is 6.42 Å². The van der Waals surface area contributed by atoms with E-state index in [9.17, 15) is 0 Å². The van der Waals surface area contributed by atoms with Crippen LogP contribution < -0.4 is 10.5 Å². The summed E-state index contributed by atoms with van der Waals surface area (Å²) in [7, 11) is 0. The average molecular weight is 274 g/mol. The van der Waals surface area contributed by atoms with Gasteiger partial charge in [0, 0.05) is 25.0 Å². The Bertz CT molecular complexity index is 472. The van der Waals surface area contributed by atoms with Gasteiger partial charge in [-0.15, -0.1) is 0 Å². The summed E-state index contributed by atoms with van der Waals surface area (Å²) >= 11 is 0. The molecule has 2 N–H and O–H groups in total. The minimum absolute atomic E-state index is 0.357. The van der Waals surface area contributed by atoms with Crippen molar-refractivity contribution in [2.45, 2.75) is 45.2 Å². The van der Waals surface area contributed by atoms with Crippen LogP contribution in [0.1, 0.15) is 43.9 Å². The molecule has 1 aromatic carbocycles. The number of hydrogen-bond acceptors (Lipinski definition) is 3. The van der Waals surface area contributed by atoms with Crippen molar-refractivity contribution in [1.82, 2.24) is 4.90 Å². The molecule has 0 spiro atoms. The topological polar surface area (TPSA) is 38.5 Å². The lowest BCUT2D eigenvalue weighted by atomic mass is 9.97. The van der Waals surface area contributed by atoms with Gasteiger partial charge in [-0.2, -0.15) is 0 Å². The Hall–Kier alpha value is -1.06. The highest BCUT2D eigenvalue weighted by molar-refractivity contribution is 5.41. The largest absolute Gasteiger partial charge is 0.493 e. The molecule has 20 heavy (non-hydrogen) atoms. The fourth-order valence-corrected chi connectivity index (χ4v) is 3.79. The first-order valence-corrected chi connectivity index (χ1v) is 7.92. The molecule has 2 atom stereocenters. The molecule has 1 saturated heterocycles. The molecule has 0 bridgehead atoms. The quantitative estimate of drug-likeness (QED) is 0.917. The van der Waals surface area contributed by atoms with E-state index in [-0.39, 0.29) is 0 Å². The van der Waals surface area contributed by atoms with Crippen molar-refractivity contribution in [1.29, 1.82) is 0 Å². The summed E-state index contributed by atoms with van der Waals surface area (Å²) in [4.78, 5) is 2.63. The van der Waals surface area contributed by atoms with Crippen molar-refractivity contribution in [2.75, 3.05) is 19.7 Å². The standard InChI is InChI=1S/C17H26N2O/c1-12(2)15-4-3-8-19(15)16(11-18)13-5-6-17-14(10-13)7-9-20-17/h5-6,10,12,15-16H,3-4,7-9,11,18H2,1-2H3. The number of fused-ring (bicyclic) bond motifs is 1. The van der Waals surface area contributed by atoms with Crippen LogP contribution in [0.5, 0.6) is 5.75 Å². The minimum atomic E-state index is 0.357. The summed E-state index contributed by atoms with van der Waals surface area (Å²) in [5.74, 6) is 1.76. The maximum atomic E-state index is 6.12. The highest BCUT2D eigenvalue weighted by Gasteiger charge is 2.33. The van der Waals surface area contributed by atoms with E-state index < -0.39 is 0 Å². The van der Waals surface area contributed by atoms with Gasteiger partial charge in [0.15, 0.2) is 0 Å². The molecule has 110 valence electrons. The zero-order valence-electron chi connectivity index (χ0n) is 12.6. The Morgan fingerprint density at radius 2 is 2.25 bits per heavy atom. The molecule has 1 aromatic rings. The van der Waals surface area contributed by atoms with E-state index in [1.165, 1.54) is 30.5 Å². The zero-order valence-corrected chi connectivity index (χ0v) is 12.6. The summed E-state index contributed by atoms with van der Waals surface area (Å²) in [6, 6.07) is 7.68. The van der Waals surface area contributed by atoms with E-state index in [0.29, 0.717) is 24.5 Å². The summed E-state index contributed by atoms with van der Waals surface area (Å²) in [5, 5.41) is 0. The summed E-state index contributed by atoms with van der Waals surface area (Å²) in [6.45, 7) is 7.35. The predicted molar refractivity (Wildman–Crippen MR) is 82.0 cm³/mol. The van der Waals surface area contributed by atoms with Crippen LogP contribution in [0, 0.1) is 5.92 Å². The van der Waals surface area contributed by atoms with E-state index in [4.69, 9.17) is 10.5 Å². The second kappa shape index (κ2) is 5.74. The lowest BCUT2D eigenvalue weighted by Gasteiger charge is -2.35. The second-order valence-electron chi connectivity index (χ2n) is 6.41. The second-order valence-corrected chi connectivity index (χ2v) is 6.41. The van der Waals surface area contributed by atoms with E-state index in [1.54, 1.807) is 0 Å². The molecular formula is C17H26N2O. The van der Waals surface area contributed by atoms with Crippen molar-refractivity contribution in [3.05, 3.63) is 29.3 Å². The third kappa shape index (κ3) is 2.45. The van der Waals surface area contributed by atoms with Gasteiger partial charge in [0.05, 0.1) is 6.61 Å². The lowest BCUT2D eigenvalue weighted by Crippen LogP contribution is -2.40. The minimum Gasteiger partial charge on any atom is -0.493 e. The molecule has 3 heteroatoms. The number of benzene rings is 1. The molecule has 2 aliphatic heterocycles. The average Bonchev–Trinajstić information content (AvgIpc) is 3.07. The van der Waals surface area contributed by atoms with Crippen LogP contribution >= 0.6 is 0 Å². The van der Waals surface area contributed by atoms with Crippen LogP contribution in [-0.4, -0.2) is 30.6 Å². The van der Waals surface area contributed by atoms with Crippen LogP contribution in [0.2, 0.25) is 0 Å². The zero-order chi connectivity index (χ0) is 14.1. The number of ether oxygens (including phenoxy) is 1. The molecule has 2 heterocycles. The Morgan fingerprint density at radius 1 is 1.40 bits per heavy atom. The van der Waals surface area contributed by atoms with Gasteiger partial charge >= 0.3 is 0 Å². The number of rotatable bonds is 4. The van der Waals surface area contributed by atoms with Gasteiger partial charge in [0.1, 0.15) is 5.75 Å². The number of nitrogens with two attached hydrogens (primary N) is 1. The van der Waals surface area contributed by atoms with Gasteiger partial charge in [0.2, 0.25) is 0 Å². The van der Waals surface area contributed by atoms with E-state index in [0.717, 1.165) is 18.8 Å². The van der Waals surface area contributed by atoms with Crippen LogP contribution in [0.4, 0.5) is 0 Å². The maximum absolute atomic E-state index is 6.12. The summed E-state index contributed by atoms with van der Waals surface area (Å²) < 4.78 is 5.61. The molecule has 0 saturated carbocycles. The van der Waals surface area contributed by atoms with Crippen LogP contribution in [0.15, 0.2) is 18.2 Å². The molecule has 0 aromatic heterocycles. The summed E-state index contributed by atoms with van der Waals surface area (Å²) in [5.41, 5.74) is 8.83. The molecule has 2 aliphatic rings. The van der Waals surface area contributed by atoms with Crippen molar-refractivity contribution in [3.63, 3.8) is 0 Å². The predicted octanol–water partition coefficient (Wildman–Crippen LogP) is 2.74. The third-order valence-electron chi connectivity index (χ3n) is 4.83. The smallest absolute Gasteiger partial charge is 0.122 e. The highest BCUT2D eigenvalue weighted by Crippen LogP contribution is 2.35. The van der Waals surface area contributed by atoms with Crippen molar-refractivity contribution in [2.24, 2.45) is 11.7 Å². The Morgan fingerprint density at radius 3 is 3.00 bits per heavy atom. The lowest BCUT2D eigenvalue weighted by molar-refractivity contribution is 0.149. The number of likely N-dealkylation sites (tertiary alicyclic amines) is 1. The van der Waals surface area contributed by atoms with Crippen LogP contribution in [0.3, 0.4) is 0 Å². The molecular weight excluding hydrogens is 248 g/mol. The van der Waals surface area contributed by atoms with Crippen molar-refractivity contribution < 1.29 is 4.74 Å². The monoisotopic (exact) mass is 274 g/mol. The molecule has 0 aliphatic carbocycles. The Kier molecular flexibility index (Phi) is 3.99. The van der Waals surface area contributed by atoms with Gasteiger partial charge in [-0.3, -0.25) is 4.90 Å². The van der Waals surface area contributed by atoms with Gasteiger partial charge in [-0.05, 0) is 42.5 Å². The van der Waals surface area contributed by atoms with Gasteiger partial charge in [0.25, 0.3) is 0 Å². The normalized spacial score (nSPS) is 23.9. The van der Waals surface area contributed by atoms with E-state index in [1.807, 2.05) is 0 Å². The Balaban J connectivity index is 1.86. The number of nitrogens with zero attached hydrogens (tertiary/aromatic N) is 1. The molecule has 3 rings (SSSR count). The number of hydrogen-bond donors (Lipinski definition) is 1.